The van der Waals surface area contributed by atoms with E-state index in [0.29, 0.717) is 23.6 Å². The Morgan fingerprint density at radius 1 is 1.19 bits per heavy atom. The Balaban J connectivity index is 1.33. The summed E-state index contributed by atoms with van der Waals surface area (Å²) in [4.78, 5) is 69.2. The quantitative estimate of drug-likeness (QED) is 0.232. The molecule has 0 radical (unpaired) electrons. The summed E-state index contributed by atoms with van der Waals surface area (Å²) in [6.07, 6.45) is -1.38. The van der Waals surface area contributed by atoms with Gasteiger partial charge in [0.1, 0.15) is 18.3 Å². The second kappa shape index (κ2) is 11.8. The zero-order chi connectivity index (χ0) is 31.3. The summed E-state index contributed by atoms with van der Waals surface area (Å²) in [5, 5.41) is 30.7. The second-order valence-corrected chi connectivity index (χ2v) is 13.1. The number of rotatable bonds is 9. The minimum absolute atomic E-state index is 0.0897. The van der Waals surface area contributed by atoms with Gasteiger partial charge in [-0.1, -0.05) is 6.92 Å². The number of nitrogens with zero attached hydrogens (tertiary/aromatic N) is 5. The lowest BCUT2D eigenvalue weighted by atomic mass is 9.79. The van der Waals surface area contributed by atoms with Gasteiger partial charge in [-0.25, -0.2) is 9.59 Å². The number of nitro benzene ring substituents is 1. The molecular weight excluding hydrogens is 582 g/mol. The average molecular weight is 618 g/mol. The number of hydrogen-bond acceptors (Lipinski definition) is 10. The lowest BCUT2D eigenvalue weighted by Gasteiger charge is -2.46. The van der Waals surface area contributed by atoms with Crippen LogP contribution in [-0.2, 0) is 25.7 Å². The van der Waals surface area contributed by atoms with E-state index in [4.69, 9.17) is 4.74 Å². The SMILES string of the molecule is CC(O)[C@H]1C(=O)N2C(C(=O)O)=C(S[C@H]3C[C@@H](C(=O)N4CC(N(C)C)C4)N(C(=O)OCc4ccc([N+](=O)[O-])cc4)C3)[C@H](C)[C@H]12. The Kier molecular flexibility index (Phi) is 8.42. The molecule has 232 valence electrons. The monoisotopic (exact) mass is 617 g/mol. The van der Waals surface area contributed by atoms with Crippen LogP contribution in [0.4, 0.5) is 10.5 Å². The molecule has 14 nitrogen and oxygen atoms in total. The summed E-state index contributed by atoms with van der Waals surface area (Å²) in [5.41, 5.74) is 0.345. The number of non-ortho nitro benzene ring substituents is 1. The van der Waals surface area contributed by atoms with Gasteiger partial charge in [-0.05, 0) is 45.1 Å². The van der Waals surface area contributed by atoms with Crippen molar-refractivity contribution in [2.45, 2.75) is 56.4 Å². The molecule has 0 spiro atoms. The van der Waals surface area contributed by atoms with Crippen molar-refractivity contribution in [2.75, 3.05) is 33.7 Å². The number of likely N-dealkylation sites (N-methyl/N-ethyl adjacent to an activating group) is 1. The molecule has 3 fully saturated rings. The van der Waals surface area contributed by atoms with Crippen LogP contribution in [0.5, 0.6) is 0 Å². The molecule has 5 rings (SSSR count). The van der Waals surface area contributed by atoms with Crippen molar-refractivity contribution in [1.29, 1.82) is 0 Å². The number of carbonyl (C=O) groups excluding carboxylic acids is 3. The number of amides is 3. The minimum atomic E-state index is -1.24. The van der Waals surface area contributed by atoms with Crippen LogP contribution in [-0.4, -0.2) is 122 Å². The maximum Gasteiger partial charge on any atom is 0.410 e. The first-order valence-corrected chi connectivity index (χ1v) is 14.9. The molecule has 15 heteroatoms. The van der Waals surface area contributed by atoms with Gasteiger partial charge < -0.3 is 29.6 Å². The first-order chi connectivity index (χ1) is 20.3. The van der Waals surface area contributed by atoms with Gasteiger partial charge in [0.2, 0.25) is 11.8 Å². The standard InChI is InChI=1S/C28H35N5O9S/c1-14-22-21(15(2)34)26(36)32(22)23(27(37)38)24(14)43-19-9-20(25(35)30-10-18(11-30)29(3)4)31(12-19)28(39)42-13-16-5-7-17(8-6-16)33(40)41/h5-8,14-15,18-22,34H,9-13H2,1-4H3,(H,37,38)/t14-,15?,19+,20+,21-,22-/m1/s1. The van der Waals surface area contributed by atoms with Crippen molar-refractivity contribution in [3.05, 3.63) is 50.5 Å². The number of hydrogen-bond donors (Lipinski definition) is 2. The van der Waals surface area contributed by atoms with E-state index in [1.165, 1.54) is 52.8 Å². The molecule has 1 aromatic rings. The fourth-order valence-electron chi connectivity index (χ4n) is 6.29. The number of aliphatic hydroxyl groups excluding tert-OH is 1. The highest BCUT2D eigenvalue weighted by Crippen LogP contribution is 2.52. The van der Waals surface area contributed by atoms with Gasteiger partial charge in [0.15, 0.2) is 0 Å². The van der Waals surface area contributed by atoms with Gasteiger partial charge in [-0.3, -0.25) is 24.6 Å². The van der Waals surface area contributed by atoms with Crippen LogP contribution in [0.15, 0.2) is 34.9 Å². The predicted molar refractivity (Wildman–Crippen MR) is 153 cm³/mol. The molecule has 4 heterocycles. The summed E-state index contributed by atoms with van der Waals surface area (Å²) < 4.78 is 5.52. The summed E-state index contributed by atoms with van der Waals surface area (Å²) in [7, 11) is 3.87. The van der Waals surface area contributed by atoms with Gasteiger partial charge in [-0.15, -0.1) is 11.8 Å². The number of carboxylic acids is 1. The van der Waals surface area contributed by atoms with E-state index < -0.39 is 47.0 Å². The Bertz CT molecular complexity index is 1360. The lowest BCUT2D eigenvalue weighted by molar-refractivity contribution is -0.384. The predicted octanol–water partition coefficient (Wildman–Crippen LogP) is 1.33. The van der Waals surface area contributed by atoms with Crippen LogP contribution in [0.25, 0.3) is 0 Å². The highest BCUT2D eigenvalue weighted by Gasteiger charge is 2.60. The summed E-state index contributed by atoms with van der Waals surface area (Å²) >= 11 is 1.26. The number of benzene rings is 1. The molecule has 0 bridgehead atoms. The topological polar surface area (TPSA) is 174 Å². The zero-order valence-corrected chi connectivity index (χ0v) is 25.1. The maximum absolute atomic E-state index is 13.6. The number of fused-ring (bicyclic) bond motifs is 1. The highest BCUT2D eigenvalue weighted by atomic mass is 32.2. The van der Waals surface area contributed by atoms with E-state index in [9.17, 15) is 39.5 Å². The third kappa shape index (κ3) is 5.56. The second-order valence-electron chi connectivity index (χ2n) is 11.8. The van der Waals surface area contributed by atoms with Crippen molar-refractivity contribution in [3.63, 3.8) is 0 Å². The summed E-state index contributed by atoms with van der Waals surface area (Å²) in [5.74, 6) is -2.92. The van der Waals surface area contributed by atoms with E-state index in [-0.39, 0.29) is 54.1 Å². The molecule has 3 amide bonds. The average Bonchev–Trinajstić information content (AvgIpc) is 3.44. The van der Waals surface area contributed by atoms with Gasteiger partial charge in [0, 0.05) is 53.9 Å². The molecule has 43 heavy (non-hydrogen) atoms. The first kappa shape index (κ1) is 30.8. The lowest BCUT2D eigenvalue weighted by Crippen LogP contribution is -2.63. The van der Waals surface area contributed by atoms with E-state index in [0.717, 1.165) is 0 Å². The number of carboxylic acid groups (broad SMARTS) is 1. The van der Waals surface area contributed by atoms with E-state index in [1.807, 2.05) is 25.9 Å². The Morgan fingerprint density at radius 3 is 2.40 bits per heavy atom. The number of β-lactam (4-membered cyclic amide) rings is 1. The molecule has 2 N–H and O–H groups in total. The number of aliphatic hydroxyl groups is 1. The van der Waals surface area contributed by atoms with Gasteiger partial charge in [0.25, 0.3) is 5.69 Å². The summed E-state index contributed by atoms with van der Waals surface area (Å²) in [6.45, 7) is 4.36. The number of thioether (sulfide) groups is 1. The smallest absolute Gasteiger partial charge is 0.410 e. The fourth-order valence-corrected chi connectivity index (χ4v) is 7.82. The molecule has 1 aromatic carbocycles. The van der Waals surface area contributed by atoms with Gasteiger partial charge >= 0.3 is 12.1 Å². The van der Waals surface area contributed by atoms with Crippen molar-refractivity contribution in [3.8, 4) is 0 Å². The van der Waals surface area contributed by atoms with Crippen LogP contribution in [0.3, 0.4) is 0 Å². The first-order valence-electron chi connectivity index (χ1n) is 14.1. The van der Waals surface area contributed by atoms with Crippen LogP contribution in [0.1, 0.15) is 25.8 Å². The third-order valence-electron chi connectivity index (χ3n) is 8.80. The number of nitro groups is 1. The minimum Gasteiger partial charge on any atom is -0.477 e. The molecule has 6 atom stereocenters. The Labute approximate surface area is 252 Å². The maximum atomic E-state index is 13.6. The van der Waals surface area contributed by atoms with Crippen molar-refractivity contribution >= 4 is 41.3 Å². The molecular formula is C28H35N5O9S. The van der Waals surface area contributed by atoms with Gasteiger partial charge in [-0.2, -0.15) is 0 Å². The Hall–Kier alpha value is -3.69. The molecule has 0 aliphatic carbocycles. The number of carbonyl (C=O) groups is 4. The molecule has 4 aliphatic rings. The Morgan fingerprint density at radius 2 is 1.84 bits per heavy atom. The number of likely N-dealkylation sites (tertiary alicyclic amines) is 2. The largest absolute Gasteiger partial charge is 0.477 e. The summed E-state index contributed by atoms with van der Waals surface area (Å²) in [6, 6.07) is 4.54. The number of aliphatic carboxylic acids is 1. The fraction of sp³-hybridized carbons (Fsp3) is 0.571. The highest BCUT2D eigenvalue weighted by molar-refractivity contribution is 8.03. The van der Waals surface area contributed by atoms with Crippen molar-refractivity contribution < 1.29 is 39.1 Å². The van der Waals surface area contributed by atoms with Crippen molar-refractivity contribution in [1.82, 2.24) is 19.6 Å². The van der Waals surface area contributed by atoms with E-state index in [1.54, 1.807) is 4.90 Å². The molecule has 3 saturated heterocycles. The third-order valence-corrected chi connectivity index (χ3v) is 10.3. The van der Waals surface area contributed by atoms with E-state index in [2.05, 4.69) is 0 Å². The van der Waals surface area contributed by atoms with Crippen LogP contribution >= 0.6 is 11.8 Å². The molecule has 4 aliphatic heterocycles. The van der Waals surface area contributed by atoms with Crippen LogP contribution < -0.4 is 0 Å². The van der Waals surface area contributed by atoms with Crippen LogP contribution in [0, 0.1) is 22.0 Å². The molecule has 0 saturated carbocycles. The van der Waals surface area contributed by atoms with Crippen LogP contribution in [0.2, 0.25) is 0 Å². The molecule has 1 unspecified atom stereocenters. The van der Waals surface area contributed by atoms with Crippen molar-refractivity contribution in [2.24, 2.45) is 11.8 Å². The van der Waals surface area contributed by atoms with E-state index >= 15 is 0 Å². The number of ether oxygens (including phenoxy) is 1. The normalized spacial score (nSPS) is 27.6. The van der Waals surface area contributed by atoms with Gasteiger partial charge in [0.05, 0.1) is 23.0 Å². The molecule has 0 aromatic heterocycles. The zero-order valence-electron chi connectivity index (χ0n) is 24.3.